The summed E-state index contributed by atoms with van der Waals surface area (Å²) >= 11 is 12.1. The van der Waals surface area contributed by atoms with Crippen molar-refractivity contribution in [2.45, 2.75) is 30.6 Å². The molecule has 1 aromatic rings. The summed E-state index contributed by atoms with van der Waals surface area (Å²) in [5.74, 6) is 0.514. The molecule has 1 saturated carbocycles. The van der Waals surface area contributed by atoms with E-state index in [9.17, 15) is 0 Å². The van der Waals surface area contributed by atoms with Crippen LogP contribution in [-0.2, 0) is 0 Å². The summed E-state index contributed by atoms with van der Waals surface area (Å²) in [5.41, 5.74) is 1.30. The second kappa shape index (κ2) is 3.89. The van der Waals surface area contributed by atoms with Crippen LogP contribution in [0.4, 0.5) is 0 Å². The lowest BCUT2D eigenvalue weighted by Crippen LogP contribution is -2.04. The van der Waals surface area contributed by atoms with E-state index >= 15 is 0 Å². The lowest BCUT2D eigenvalue weighted by molar-refractivity contribution is 0.730. The summed E-state index contributed by atoms with van der Waals surface area (Å²) in [6.45, 7) is 0. The van der Waals surface area contributed by atoms with Crippen LogP contribution >= 0.6 is 23.2 Å². The molecule has 0 amide bonds. The van der Waals surface area contributed by atoms with E-state index in [0.717, 1.165) is 11.4 Å². The summed E-state index contributed by atoms with van der Waals surface area (Å²) in [6.07, 6.45) is 3.58. The number of alkyl halides is 1. The predicted octanol–water partition coefficient (Wildman–Crippen LogP) is 4.21. The van der Waals surface area contributed by atoms with Crippen LogP contribution in [0, 0.1) is 0 Å². The molecule has 0 spiro atoms. The molecule has 2 unspecified atom stereocenters. The van der Waals surface area contributed by atoms with Gasteiger partial charge in [-0.3, -0.25) is 0 Å². The van der Waals surface area contributed by atoms with Crippen molar-refractivity contribution >= 4 is 23.2 Å². The fraction of sp³-hybridized carbons (Fsp3) is 0.455. The van der Waals surface area contributed by atoms with Gasteiger partial charge in [0.15, 0.2) is 0 Å². The summed E-state index contributed by atoms with van der Waals surface area (Å²) in [4.78, 5) is 0. The molecule has 2 atom stereocenters. The van der Waals surface area contributed by atoms with Crippen molar-refractivity contribution in [2.75, 3.05) is 0 Å². The first-order chi connectivity index (χ1) is 6.27. The van der Waals surface area contributed by atoms with Gasteiger partial charge in [0.25, 0.3) is 0 Å². The molecule has 1 fully saturated rings. The van der Waals surface area contributed by atoms with Crippen LogP contribution in [0.25, 0.3) is 0 Å². The Morgan fingerprint density at radius 2 is 2.08 bits per heavy atom. The van der Waals surface area contributed by atoms with Crippen molar-refractivity contribution in [2.24, 2.45) is 0 Å². The first-order valence-corrected chi connectivity index (χ1v) is 5.48. The highest BCUT2D eigenvalue weighted by molar-refractivity contribution is 6.30. The van der Waals surface area contributed by atoms with Gasteiger partial charge in [0.1, 0.15) is 0 Å². The van der Waals surface area contributed by atoms with E-state index in [1.807, 2.05) is 18.2 Å². The molecule has 0 saturated heterocycles. The van der Waals surface area contributed by atoms with Gasteiger partial charge in [-0.1, -0.05) is 30.2 Å². The predicted molar refractivity (Wildman–Crippen MR) is 57.7 cm³/mol. The molecule has 70 valence electrons. The molecule has 0 aromatic heterocycles. The molecular formula is C11H12Cl2. The molecule has 0 aliphatic heterocycles. The Morgan fingerprint density at radius 3 is 2.69 bits per heavy atom. The lowest BCUT2D eigenvalue weighted by atomic mass is 9.98. The third-order valence-electron chi connectivity index (χ3n) is 2.71. The van der Waals surface area contributed by atoms with Crippen LogP contribution in [0.3, 0.4) is 0 Å². The SMILES string of the molecule is Clc1cccc(C2CCCC2Cl)c1. The van der Waals surface area contributed by atoms with Gasteiger partial charge < -0.3 is 0 Å². The quantitative estimate of drug-likeness (QED) is 0.615. The number of benzene rings is 1. The van der Waals surface area contributed by atoms with E-state index < -0.39 is 0 Å². The summed E-state index contributed by atoms with van der Waals surface area (Å²) in [7, 11) is 0. The second-order valence-electron chi connectivity index (χ2n) is 3.61. The van der Waals surface area contributed by atoms with Gasteiger partial charge in [0.2, 0.25) is 0 Å². The van der Waals surface area contributed by atoms with E-state index in [1.54, 1.807) is 0 Å². The largest absolute Gasteiger partial charge is 0.122 e. The zero-order valence-electron chi connectivity index (χ0n) is 7.34. The van der Waals surface area contributed by atoms with Crippen LogP contribution in [0.15, 0.2) is 24.3 Å². The Hall–Kier alpha value is -0.200. The maximum Gasteiger partial charge on any atom is 0.0408 e. The Morgan fingerprint density at radius 1 is 1.23 bits per heavy atom. The van der Waals surface area contributed by atoms with E-state index in [-0.39, 0.29) is 0 Å². The Labute approximate surface area is 88.9 Å². The number of hydrogen-bond donors (Lipinski definition) is 0. The first-order valence-electron chi connectivity index (χ1n) is 4.67. The van der Waals surface area contributed by atoms with Gasteiger partial charge in [-0.25, -0.2) is 0 Å². The van der Waals surface area contributed by atoms with Crippen molar-refractivity contribution in [1.82, 2.24) is 0 Å². The lowest BCUT2D eigenvalue weighted by Gasteiger charge is -2.13. The number of halogens is 2. The maximum absolute atomic E-state index is 6.22. The molecule has 0 heterocycles. The normalized spacial score (nSPS) is 27.8. The standard InChI is InChI=1S/C11H12Cl2/c12-9-4-1-3-8(7-9)10-5-2-6-11(10)13/h1,3-4,7,10-11H,2,5-6H2. The van der Waals surface area contributed by atoms with Crippen LogP contribution in [0.1, 0.15) is 30.7 Å². The Balaban J connectivity index is 2.24. The Bertz CT molecular complexity index is 296. The topological polar surface area (TPSA) is 0 Å². The monoisotopic (exact) mass is 214 g/mol. The highest BCUT2D eigenvalue weighted by atomic mass is 35.5. The maximum atomic E-state index is 6.22. The van der Waals surface area contributed by atoms with Crippen LogP contribution < -0.4 is 0 Å². The van der Waals surface area contributed by atoms with Gasteiger partial charge in [-0.15, -0.1) is 11.6 Å². The van der Waals surface area contributed by atoms with Gasteiger partial charge in [0.05, 0.1) is 0 Å². The minimum atomic E-state index is 0.304. The van der Waals surface area contributed by atoms with Gasteiger partial charge in [0, 0.05) is 16.3 Å². The third kappa shape index (κ3) is 2.00. The van der Waals surface area contributed by atoms with Gasteiger partial charge in [-0.2, -0.15) is 0 Å². The van der Waals surface area contributed by atoms with Gasteiger partial charge in [-0.05, 0) is 30.5 Å². The third-order valence-corrected chi connectivity index (χ3v) is 3.47. The second-order valence-corrected chi connectivity index (χ2v) is 4.61. The van der Waals surface area contributed by atoms with Crippen molar-refractivity contribution in [3.8, 4) is 0 Å². The van der Waals surface area contributed by atoms with Crippen molar-refractivity contribution < 1.29 is 0 Å². The summed E-state index contributed by atoms with van der Waals surface area (Å²) in [6, 6.07) is 8.06. The number of hydrogen-bond acceptors (Lipinski definition) is 0. The molecular weight excluding hydrogens is 203 g/mol. The zero-order chi connectivity index (χ0) is 9.26. The molecule has 0 bridgehead atoms. The number of rotatable bonds is 1. The van der Waals surface area contributed by atoms with Gasteiger partial charge >= 0.3 is 0 Å². The molecule has 0 N–H and O–H groups in total. The van der Waals surface area contributed by atoms with Crippen LogP contribution in [0.2, 0.25) is 5.02 Å². The van der Waals surface area contributed by atoms with Crippen molar-refractivity contribution in [3.63, 3.8) is 0 Å². The van der Waals surface area contributed by atoms with E-state index in [0.29, 0.717) is 11.3 Å². The van der Waals surface area contributed by atoms with E-state index in [2.05, 4.69) is 6.07 Å². The molecule has 1 aliphatic carbocycles. The minimum Gasteiger partial charge on any atom is -0.122 e. The van der Waals surface area contributed by atoms with E-state index in [1.165, 1.54) is 18.4 Å². The summed E-state index contributed by atoms with van der Waals surface area (Å²) in [5, 5.41) is 1.12. The molecule has 0 nitrogen and oxygen atoms in total. The highest BCUT2D eigenvalue weighted by Crippen LogP contribution is 2.38. The average Bonchev–Trinajstić information content (AvgIpc) is 2.51. The molecule has 1 aliphatic rings. The fourth-order valence-corrected chi connectivity index (χ4v) is 2.65. The molecule has 13 heavy (non-hydrogen) atoms. The molecule has 0 radical (unpaired) electrons. The van der Waals surface area contributed by atoms with Crippen molar-refractivity contribution in [3.05, 3.63) is 34.9 Å². The van der Waals surface area contributed by atoms with Crippen LogP contribution in [-0.4, -0.2) is 5.38 Å². The smallest absolute Gasteiger partial charge is 0.0408 e. The zero-order valence-corrected chi connectivity index (χ0v) is 8.85. The Kier molecular flexibility index (Phi) is 2.80. The fourth-order valence-electron chi connectivity index (χ4n) is 2.03. The van der Waals surface area contributed by atoms with Crippen LogP contribution in [0.5, 0.6) is 0 Å². The summed E-state index contributed by atoms with van der Waals surface area (Å²) < 4.78 is 0. The minimum absolute atomic E-state index is 0.304. The average molecular weight is 215 g/mol. The molecule has 2 heteroatoms. The van der Waals surface area contributed by atoms with E-state index in [4.69, 9.17) is 23.2 Å². The first kappa shape index (κ1) is 9.36. The van der Waals surface area contributed by atoms with Crippen molar-refractivity contribution in [1.29, 1.82) is 0 Å². The highest BCUT2D eigenvalue weighted by Gasteiger charge is 2.26. The molecule has 2 rings (SSSR count). The molecule has 1 aromatic carbocycles.